The van der Waals surface area contributed by atoms with Crippen molar-refractivity contribution >= 4 is 12.1 Å². The molecule has 0 rings (SSSR count). The Kier molecular flexibility index (Phi) is 11.2. The summed E-state index contributed by atoms with van der Waals surface area (Å²) in [6, 6.07) is 0. The van der Waals surface area contributed by atoms with Crippen LogP contribution in [-0.4, -0.2) is 23.5 Å². The Morgan fingerprint density at radius 3 is 2.24 bits per heavy atom. The molecule has 3 N–H and O–H groups in total. The van der Waals surface area contributed by atoms with Gasteiger partial charge in [0.15, 0.2) is 0 Å². The zero-order chi connectivity index (χ0) is 12.9. The Bertz CT molecular complexity index is 215. The molecule has 17 heavy (non-hydrogen) atoms. The highest BCUT2D eigenvalue weighted by molar-refractivity contribution is 5.85. The molecule has 0 saturated carbocycles. The highest BCUT2D eigenvalue weighted by Gasteiger charge is 1.99. The smallest absolute Gasteiger partial charge is 0.245 e. The molecule has 0 aromatic rings. The lowest BCUT2D eigenvalue weighted by molar-refractivity contribution is -0.117. The van der Waals surface area contributed by atoms with Crippen LogP contribution in [0.3, 0.4) is 0 Å². The van der Waals surface area contributed by atoms with Crippen LogP contribution in [0.15, 0.2) is 4.99 Å². The van der Waals surface area contributed by atoms with Gasteiger partial charge in [0, 0.05) is 6.42 Å². The molecule has 0 radical (unpaired) electrons. The normalized spacial score (nSPS) is 13.1. The first kappa shape index (κ1) is 16.3. The SMILES string of the molecule is CCCCCCCCCCC(=O)N=CC(N)O. The summed E-state index contributed by atoms with van der Waals surface area (Å²) < 4.78 is 0. The van der Waals surface area contributed by atoms with Crippen LogP contribution in [0.1, 0.15) is 64.7 Å². The molecule has 1 unspecified atom stereocenters. The second-order valence-corrected chi connectivity index (χ2v) is 4.39. The number of aliphatic hydroxyl groups is 1. The number of aliphatic hydroxyl groups excluding tert-OH is 1. The largest absolute Gasteiger partial charge is 0.374 e. The lowest BCUT2D eigenvalue weighted by Gasteiger charge is -2.00. The zero-order valence-corrected chi connectivity index (χ0v) is 10.9. The fourth-order valence-electron chi connectivity index (χ4n) is 1.63. The minimum atomic E-state index is -1.13. The topological polar surface area (TPSA) is 75.7 Å². The number of nitrogens with zero attached hydrogens (tertiary/aromatic N) is 1. The van der Waals surface area contributed by atoms with Gasteiger partial charge in [0.25, 0.3) is 0 Å². The average molecular weight is 242 g/mol. The molecule has 0 fully saturated rings. The molecule has 0 saturated heterocycles. The molecule has 0 bridgehead atoms. The molecular weight excluding hydrogens is 216 g/mol. The predicted octanol–water partition coefficient (Wildman–Crippen LogP) is 2.39. The summed E-state index contributed by atoms with van der Waals surface area (Å²) in [6.07, 6.45) is 10.1. The fraction of sp³-hybridized carbons (Fsp3) is 0.846. The highest BCUT2D eigenvalue weighted by atomic mass is 16.3. The van der Waals surface area contributed by atoms with E-state index in [1.54, 1.807) is 0 Å². The van der Waals surface area contributed by atoms with Gasteiger partial charge in [0.05, 0.1) is 6.21 Å². The van der Waals surface area contributed by atoms with Crippen molar-refractivity contribution in [2.24, 2.45) is 10.7 Å². The van der Waals surface area contributed by atoms with Crippen molar-refractivity contribution in [3.63, 3.8) is 0 Å². The molecular formula is C13H26N2O2. The molecule has 0 aliphatic carbocycles. The Morgan fingerprint density at radius 2 is 1.71 bits per heavy atom. The van der Waals surface area contributed by atoms with Gasteiger partial charge < -0.3 is 10.8 Å². The van der Waals surface area contributed by atoms with Crippen molar-refractivity contribution in [1.82, 2.24) is 0 Å². The van der Waals surface area contributed by atoms with Gasteiger partial charge in [-0.2, -0.15) is 0 Å². The van der Waals surface area contributed by atoms with Crippen LogP contribution >= 0.6 is 0 Å². The number of unbranched alkanes of at least 4 members (excludes halogenated alkanes) is 7. The number of carbonyl (C=O) groups is 1. The van der Waals surface area contributed by atoms with Crippen molar-refractivity contribution in [2.75, 3.05) is 0 Å². The monoisotopic (exact) mass is 242 g/mol. The van der Waals surface area contributed by atoms with Crippen LogP contribution in [0.5, 0.6) is 0 Å². The minimum absolute atomic E-state index is 0.194. The van der Waals surface area contributed by atoms with Crippen LogP contribution in [-0.2, 0) is 4.79 Å². The Labute approximate surface area is 104 Å². The maximum Gasteiger partial charge on any atom is 0.245 e. The van der Waals surface area contributed by atoms with Gasteiger partial charge in [0.2, 0.25) is 5.91 Å². The first-order chi connectivity index (χ1) is 8.16. The summed E-state index contributed by atoms with van der Waals surface area (Å²) in [5, 5.41) is 8.69. The van der Waals surface area contributed by atoms with Crippen LogP contribution in [0, 0.1) is 0 Å². The lowest BCUT2D eigenvalue weighted by atomic mass is 10.1. The van der Waals surface area contributed by atoms with Gasteiger partial charge >= 0.3 is 0 Å². The Hall–Kier alpha value is -0.740. The Morgan fingerprint density at radius 1 is 1.18 bits per heavy atom. The van der Waals surface area contributed by atoms with E-state index >= 15 is 0 Å². The predicted molar refractivity (Wildman–Crippen MR) is 70.9 cm³/mol. The van der Waals surface area contributed by atoms with Gasteiger partial charge in [-0.1, -0.05) is 51.9 Å². The average Bonchev–Trinajstić information content (AvgIpc) is 2.30. The molecule has 0 aliphatic rings. The standard InChI is InChI=1S/C13H26N2O2/c1-2-3-4-5-6-7-8-9-10-13(17)15-11-12(14)16/h11-12,16H,2-10,14H2,1H3. The Balaban J connectivity index is 3.25. The van der Waals surface area contributed by atoms with Crippen LogP contribution in [0.25, 0.3) is 0 Å². The third-order valence-corrected chi connectivity index (χ3v) is 2.62. The molecule has 100 valence electrons. The number of nitrogens with two attached hydrogens (primary N) is 1. The van der Waals surface area contributed by atoms with Crippen molar-refractivity contribution in [3.8, 4) is 0 Å². The molecule has 0 aliphatic heterocycles. The van der Waals surface area contributed by atoms with Gasteiger partial charge in [0.1, 0.15) is 6.23 Å². The van der Waals surface area contributed by atoms with E-state index in [0.717, 1.165) is 19.1 Å². The highest BCUT2D eigenvalue weighted by Crippen LogP contribution is 2.09. The van der Waals surface area contributed by atoms with Crippen LogP contribution in [0.2, 0.25) is 0 Å². The van der Waals surface area contributed by atoms with E-state index in [2.05, 4.69) is 11.9 Å². The van der Waals surface area contributed by atoms with Crippen molar-refractivity contribution in [2.45, 2.75) is 70.9 Å². The lowest BCUT2D eigenvalue weighted by Crippen LogP contribution is -2.20. The number of hydrogen-bond donors (Lipinski definition) is 2. The van der Waals surface area contributed by atoms with Crippen molar-refractivity contribution < 1.29 is 9.90 Å². The summed E-state index contributed by atoms with van der Waals surface area (Å²) in [5.41, 5.74) is 5.03. The van der Waals surface area contributed by atoms with Gasteiger partial charge in [-0.05, 0) is 6.42 Å². The van der Waals surface area contributed by atoms with Gasteiger partial charge in [-0.25, -0.2) is 4.99 Å². The van der Waals surface area contributed by atoms with E-state index < -0.39 is 6.23 Å². The van der Waals surface area contributed by atoms with Crippen LogP contribution < -0.4 is 5.73 Å². The zero-order valence-electron chi connectivity index (χ0n) is 10.9. The molecule has 0 aromatic heterocycles. The van der Waals surface area contributed by atoms with Gasteiger partial charge in [-0.3, -0.25) is 4.79 Å². The molecule has 4 nitrogen and oxygen atoms in total. The second-order valence-electron chi connectivity index (χ2n) is 4.39. The van der Waals surface area contributed by atoms with Crippen molar-refractivity contribution in [1.29, 1.82) is 0 Å². The summed E-state index contributed by atoms with van der Waals surface area (Å²) in [7, 11) is 0. The van der Waals surface area contributed by atoms with Crippen LogP contribution in [0.4, 0.5) is 0 Å². The second kappa shape index (κ2) is 11.7. The van der Waals surface area contributed by atoms with E-state index in [-0.39, 0.29) is 5.91 Å². The molecule has 0 spiro atoms. The number of hydrogen-bond acceptors (Lipinski definition) is 3. The maximum atomic E-state index is 11.2. The van der Waals surface area contributed by atoms with Gasteiger partial charge in [-0.15, -0.1) is 0 Å². The quantitative estimate of drug-likeness (QED) is 0.351. The summed E-state index contributed by atoms with van der Waals surface area (Å²) in [6.45, 7) is 2.21. The number of rotatable bonds is 10. The molecule has 1 atom stereocenters. The molecule has 0 heterocycles. The van der Waals surface area contributed by atoms with Crippen molar-refractivity contribution in [3.05, 3.63) is 0 Å². The summed E-state index contributed by atoms with van der Waals surface area (Å²) in [5.74, 6) is -0.194. The van der Waals surface area contributed by atoms with E-state index in [9.17, 15) is 4.79 Å². The fourth-order valence-corrected chi connectivity index (χ4v) is 1.63. The molecule has 4 heteroatoms. The first-order valence-corrected chi connectivity index (χ1v) is 6.67. The third-order valence-electron chi connectivity index (χ3n) is 2.62. The third kappa shape index (κ3) is 13.2. The van der Waals surface area contributed by atoms with E-state index in [1.165, 1.54) is 38.5 Å². The summed E-state index contributed by atoms with van der Waals surface area (Å²) >= 11 is 0. The van der Waals surface area contributed by atoms with E-state index in [0.29, 0.717) is 6.42 Å². The number of amides is 1. The summed E-state index contributed by atoms with van der Waals surface area (Å²) in [4.78, 5) is 14.7. The number of aliphatic imine (C=N–C) groups is 1. The molecule has 1 amide bonds. The van der Waals surface area contributed by atoms with E-state index in [4.69, 9.17) is 10.8 Å². The molecule has 0 aromatic carbocycles. The van der Waals surface area contributed by atoms with E-state index in [1.807, 2.05) is 0 Å². The first-order valence-electron chi connectivity index (χ1n) is 6.67. The number of carbonyl (C=O) groups excluding carboxylic acids is 1. The minimum Gasteiger partial charge on any atom is -0.374 e. The maximum absolute atomic E-state index is 11.2.